The van der Waals surface area contributed by atoms with Crippen LogP contribution in [0.5, 0.6) is 0 Å². The van der Waals surface area contributed by atoms with Crippen LogP contribution in [-0.4, -0.2) is 41.4 Å². The largest absolute Gasteiger partial charge is 0.420 e. The molecule has 0 aliphatic heterocycles. The Hall–Kier alpha value is -4.22. The van der Waals surface area contributed by atoms with E-state index in [2.05, 4.69) is 25.3 Å². The van der Waals surface area contributed by atoms with E-state index in [9.17, 15) is 26.3 Å². The van der Waals surface area contributed by atoms with Crippen LogP contribution in [-0.2, 0) is 12.4 Å². The van der Waals surface area contributed by atoms with E-state index in [0.29, 0.717) is 22.0 Å². The molecule has 4 aromatic heterocycles. The molecule has 9 nitrogen and oxygen atoms in total. The van der Waals surface area contributed by atoms with Crippen LogP contribution in [0.15, 0.2) is 36.9 Å². The molecule has 0 aromatic carbocycles. The molecule has 0 saturated heterocycles. The summed E-state index contributed by atoms with van der Waals surface area (Å²) in [4.78, 5) is 9.58. The molecule has 0 spiro atoms. The average Bonchev–Trinajstić information content (AvgIpc) is 3.43. The summed E-state index contributed by atoms with van der Waals surface area (Å²) in [5, 5.41) is 20.2. The zero-order valence-electron chi connectivity index (χ0n) is 17.3. The molecule has 0 aliphatic carbocycles. The van der Waals surface area contributed by atoms with Gasteiger partial charge in [0.05, 0.1) is 17.2 Å². The maximum absolute atomic E-state index is 13.5. The number of fused-ring (bicyclic) bond motifs is 1. The van der Waals surface area contributed by atoms with Crippen LogP contribution in [0, 0.1) is 11.3 Å². The maximum Gasteiger partial charge on any atom is 0.420 e. The number of anilines is 1. The quantitative estimate of drug-likeness (QED) is 0.409. The first kappa shape index (κ1) is 23.0. The molecule has 34 heavy (non-hydrogen) atoms. The minimum atomic E-state index is -5.08. The SMILES string of the molecule is C[C@@H](c1ncnn1-c1ccc(C#N)cn1)N(C)c1nnc2c(C(F)(F)F)cc(C(F)(F)F)cn12. The van der Waals surface area contributed by atoms with Crippen molar-refractivity contribution in [2.75, 3.05) is 11.9 Å². The van der Waals surface area contributed by atoms with Gasteiger partial charge < -0.3 is 4.90 Å². The fraction of sp³-hybridized carbons (Fsp3) is 0.263. The van der Waals surface area contributed by atoms with Gasteiger partial charge in [-0.1, -0.05) is 0 Å². The molecule has 0 saturated carbocycles. The molecule has 0 amide bonds. The predicted molar refractivity (Wildman–Crippen MR) is 104 cm³/mol. The number of pyridine rings is 2. The minimum absolute atomic E-state index is 0.00438. The molecule has 0 bridgehead atoms. The van der Waals surface area contributed by atoms with Crippen LogP contribution < -0.4 is 4.90 Å². The second-order valence-corrected chi connectivity index (χ2v) is 7.17. The normalized spacial score (nSPS) is 13.1. The molecular weight excluding hydrogens is 468 g/mol. The van der Waals surface area contributed by atoms with Crippen LogP contribution >= 0.6 is 0 Å². The average molecular weight is 481 g/mol. The molecule has 4 rings (SSSR count). The summed E-state index contributed by atoms with van der Waals surface area (Å²) in [5.41, 5.74) is -3.53. The molecule has 0 unspecified atom stereocenters. The van der Waals surface area contributed by atoms with Gasteiger partial charge in [-0.25, -0.2) is 9.97 Å². The molecule has 0 N–H and O–H groups in total. The van der Waals surface area contributed by atoms with Crippen molar-refractivity contribution in [1.82, 2.24) is 34.3 Å². The van der Waals surface area contributed by atoms with E-state index in [4.69, 9.17) is 5.26 Å². The maximum atomic E-state index is 13.5. The summed E-state index contributed by atoms with van der Waals surface area (Å²) in [6.07, 6.45) is -7.07. The first-order chi connectivity index (χ1) is 15.9. The summed E-state index contributed by atoms with van der Waals surface area (Å²) in [5.74, 6) is 0.289. The van der Waals surface area contributed by atoms with Gasteiger partial charge in [0.25, 0.3) is 0 Å². The second-order valence-electron chi connectivity index (χ2n) is 7.17. The van der Waals surface area contributed by atoms with Gasteiger partial charge in [-0.2, -0.15) is 41.4 Å². The first-order valence-electron chi connectivity index (χ1n) is 9.44. The Labute approximate surface area is 186 Å². The lowest BCUT2D eigenvalue weighted by Crippen LogP contribution is -2.27. The molecule has 4 heterocycles. The second kappa shape index (κ2) is 7.97. The lowest BCUT2D eigenvalue weighted by molar-refractivity contribution is -0.142. The zero-order chi connectivity index (χ0) is 24.8. The van der Waals surface area contributed by atoms with Gasteiger partial charge in [0.1, 0.15) is 18.0 Å². The highest BCUT2D eigenvalue weighted by atomic mass is 19.4. The lowest BCUT2D eigenvalue weighted by Gasteiger charge is -2.24. The van der Waals surface area contributed by atoms with Gasteiger partial charge in [-0.15, -0.1) is 10.2 Å². The number of nitrogens with zero attached hydrogens (tertiary/aromatic N) is 9. The summed E-state index contributed by atoms with van der Waals surface area (Å²) >= 11 is 0. The minimum Gasteiger partial charge on any atom is -0.334 e. The standard InChI is InChI=1S/C19H13F6N9/c1-10(15-28-9-29-34(15)14-4-3-11(6-26)7-27-14)32(2)17-31-30-16-13(19(23,24)25)5-12(8-33(16)17)18(20,21)22/h3-5,7-10H,1-2H3/t10-/m0/s1. The fourth-order valence-corrected chi connectivity index (χ4v) is 3.22. The number of rotatable bonds is 4. The van der Waals surface area contributed by atoms with Crippen LogP contribution in [0.25, 0.3) is 11.5 Å². The summed E-state index contributed by atoms with van der Waals surface area (Å²) in [7, 11) is 1.42. The van der Waals surface area contributed by atoms with Crippen molar-refractivity contribution >= 4 is 11.6 Å². The van der Waals surface area contributed by atoms with Crippen molar-refractivity contribution in [2.45, 2.75) is 25.3 Å². The van der Waals surface area contributed by atoms with Gasteiger partial charge in [0.15, 0.2) is 17.3 Å². The van der Waals surface area contributed by atoms with E-state index < -0.39 is 35.2 Å². The molecule has 0 fully saturated rings. The molecule has 1 atom stereocenters. The topological polar surface area (TPSA) is 101 Å². The van der Waals surface area contributed by atoms with Crippen molar-refractivity contribution in [2.24, 2.45) is 0 Å². The zero-order valence-corrected chi connectivity index (χ0v) is 17.3. The van der Waals surface area contributed by atoms with E-state index in [1.54, 1.807) is 6.92 Å². The van der Waals surface area contributed by atoms with Crippen molar-refractivity contribution < 1.29 is 26.3 Å². The number of alkyl halides is 6. The Bertz CT molecular complexity index is 1380. The van der Waals surface area contributed by atoms with Crippen molar-refractivity contribution in [3.05, 3.63) is 59.4 Å². The van der Waals surface area contributed by atoms with E-state index in [1.807, 2.05) is 6.07 Å². The molecule has 0 radical (unpaired) electrons. The van der Waals surface area contributed by atoms with E-state index >= 15 is 0 Å². The first-order valence-corrected chi connectivity index (χ1v) is 9.44. The highest BCUT2D eigenvalue weighted by Crippen LogP contribution is 2.38. The lowest BCUT2D eigenvalue weighted by atomic mass is 10.2. The van der Waals surface area contributed by atoms with E-state index in [-0.39, 0.29) is 17.8 Å². The molecule has 0 aliphatic rings. The highest BCUT2D eigenvalue weighted by molar-refractivity contribution is 5.56. The highest BCUT2D eigenvalue weighted by Gasteiger charge is 2.40. The van der Waals surface area contributed by atoms with Crippen LogP contribution in [0.1, 0.15) is 35.5 Å². The third kappa shape index (κ3) is 3.98. The Morgan fingerprint density at radius 1 is 1.06 bits per heavy atom. The third-order valence-corrected chi connectivity index (χ3v) is 5.06. The van der Waals surface area contributed by atoms with E-state index in [1.165, 1.54) is 41.3 Å². The molecule has 176 valence electrons. The molecule has 4 aromatic rings. The number of aromatic nitrogens is 7. The van der Waals surface area contributed by atoms with Gasteiger partial charge >= 0.3 is 12.4 Å². The smallest absolute Gasteiger partial charge is 0.334 e. The third-order valence-electron chi connectivity index (χ3n) is 5.06. The molecular formula is C19H13F6N9. The number of hydrogen-bond donors (Lipinski definition) is 0. The Balaban J connectivity index is 1.79. The van der Waals surface area contributed by atoms with Crippen molar-refractivity contribution in [3.8, 4) is 11.9 Å². The van der Waals surface area contributed by atoms with Gasteiger partial charge in [-0.3, -0.25) is 4.40 Å². The van der Waals surface area contributed by atoms with Gasteiger partial charge in [-0.05, 0) is 25.1 Å². The van der Waals surface area contributed by atoms with Crippen LogP contribution in [0.3, 0.4) is 0 Å². The Kier molecular flexibility index (Phi) is 5.38. The number of halogens is 6. The number of hydrogen-bond acceptors (Lipinski definition) is 7. The Morgan fingerprint density at radius 2 is 1.79 bits per heavy atom. The van der Waals surface area contributed by atoms with Gasteiger partial charge in [0, 0.05) is 19.4 Å². The van der Waals surface area contributed by atoms with Gasteiger partial charge in [0.2, 0.25) is 5.95 Å². The molecule has 15 heteroatoms. The van der Waals surface area contributed by atoms with E-state index in [0.717, 1.165) is 0 Å². The summed E-state index contributed by atoms with van der Waals surface area (Å²) in [6.45, 7) is 1.60. The van der Waals surface area contributed by atoms with Crippen LogP contribution in [0.4, 0.5) is 32.3 Å². The Morgan fingerprint density at radius 3 is 2.38 bits per heavy atom. The fourth-order valence-electron chi connectivity index (χ4n) is 3.22. The van der Waals surface area contributed by atoms with Crippen molar-refractivity contribution in [3.63, 3.8) is 0 Å². The van der Waals surface area contributed by atoms with Crippen LogP contribution in [0.2, 0.25) is 0 Å². The van der Waals surface area contributed by atoms with Crippen molar-refractivity contribution in [1.29, 1.82) is 5.26 Å². The summed E-state index contributed by atoms with van der Waals surface area (Å²) in [6, 6.07) is 4.21. The predicted octanol–water partition coefficient (Wildman–Crippen LogP) is 3.81. The number of nitriles is 1. The monoisotopic (exact) mass is 481 g/mol. The summed E-state index contributed by atoms with van der Waals surface area (Å²) < 4.78 is 82.3.